The fourth-order valence-corrected chi connectivity index (χ4v) is 5.00. The number of fused-ring (bicyclic) bond motifs is 2. The highest BCUT2D eigenvalue weighted by molar-refractivity contribution is 5.32. The molecule has 2 aliphatic carbocycles. The third kappa shape index (κ3) is 1.85. The van der Waals surface area contributed by atoms with Crippen LogP contribution in [0.25, 0.3) is 0 Å². The molecular formula is C19H29NO. The molecule has 3 rings (SSSR count). The van der Waals surface area contributed by atoms with Crippen molar-refractivity contribution in [1.82, 2.24) is 5.32 Å². The van der Waals surface area contributed by atoms with Crippen LogP contribution < -0.4 is 5.32 Å². The third-order valence-corrected chi connectivity index (χ3v) is 6.89. The summed E-state index contributed by atoms with van der Waals surface area (Å²) >= 11 is 0. The first kappa shape index (κ1) is 15.1. The molecule has 2 saturated carbocycles. The molecule has 0 aliphatic heterocycles. The molecule has 0 spiro atoms. The Morgan fingerprint density at radius 2 is 1.86 bits per heavy atom. The lowest BCUT2D eigenvalue weighted by Gasteiger charge is -2.50. The number of ether oxygens (including phenoxy) is 1. The minimum Gasteiger partial charge on any atom is -0.352 e. The van der Waals surface area contributed by atoms with Crippen LogP contribution in [0.4, 0.5) is 0 Å². The van der Waals surface area contributed by atoms with Crippen LogP contribution in [0, 0.1) is 16.7 Å². The van der Waals surface area contributed by atoms with Crippen LogP contribution in [0.2, 0.25) is 0 Å². The lowest BCUT2D eigenvalue weighted by molar-refractivity contribution is -0.179. The fourth-order valence-electron chi connectivity index (χ4n) is 5.00. The predicted octanol–water partition coefficient (Wildman–Crippen LogP) is 4.31. The molecule has 1 unspecified atom stereocenters. The largest absolute Gasteiger partial charge is 0.352 e. The van der Waals surface area contributed by atoms with E-state index >= 15 is 0 Å². The van der Waals surface area contributed by atoms with Crippen molar-refractivity contribution < 1.29 is 4.74 Å². The van der Waals surface area contributed by atoms with Crippen LogP contribution in [0.15, 0.2) is 30.3 Å². The van der Waals surface area contributed by atoms with Gasteiger partial charge in [-0.05, 0) is 50.1 Å². The zero-order valence-electron chi connectivity index (χ0n) is 14.1. The van der Waals surface area contributed by atoms with Gasteiger partial charge in [0, 0.05) is 5.41 Å². The zero-order valence-corrected chi connectivity index (χ0v) is 14.1. The lowest BCUT2D eigenvalue weighted by Crippen LogP contribution is -2.50. The predicted molar refractivity (Wildman–Crippen MR) is 87.0 cm³/mol. The van der Waals surface area contributed by atoms with Gasteiger partial charge in [0.2, 0.25) is 0 Å². The Balaban J connectivity index is 2.11. The zero-order chi connectivity index (χ0) is 15.3. The molecular weight excluding hydrogens is 258 g/mol. The molecule has 0 radical (unpaired) electrons. The van der Waals surface area contributed by atoms with Crippen molar-refractivity contribution in [2.45, 2.75) is 58.8 Å². The van der Waals surface area contributed by atoms with Crippen LogP contribution in [0.1, 0.15) is 52.5 Å². The van der Waals surface area contributed by atoms with Gasteiger partial charge in [-0.25, -0.2) is 0 Å². The monoisotopic (exact) mass is 287 g/mol. The molecule has 2 aliphatic rings. The normalized spacial score (nSPS) is 38.6. The molecule has 0 amide bonds. The van der Waals surface area contributed by atoms with E-state index < -0.39 is 0 Å². The van der Waals surface area contributed by atoms with Gasteiger partial charge in [-0.15, -0.1) is 0 Å². The Morgan fingerprint density at radius 3 is 2.33 bits per heavy atom. The molecule has 4 atom stereocenters. The Morgan fingerprint density at radius 1 is 1.19 bits per heavy atom. The molecule has 2 fully saturated rings. The van der Waals surface area contributed by atoms with Gasteiger partial charge in [0.05, 0.1) is 0 Å². The smallest absolute Gasteiger partial charge is 0.106 e. The second-order valence-electron chi connectivity index (χ2n) is 7.74. The maximum atomic E-state index is 6.70. The van der Waals surface area contributed by atoms with E-state index in [1.807, 2.05) is 7.05 Å². The van der Waals surface area contributed by atoms with E-state index in [4.69, 9.17) is 4.74 Å². The fraction of sp³-hybridized carbons (Fsp3) is 0.684. The van der Waals surface area contributed by atoms with Gasteiger partial charge in [0.15, 0.2) is 0 Å². The average molecular weight is 287 g/mol. The van der Waals surface area contributed by atoms with Crippen molar-refractivity contribution in [2.24, 2.45) is 16.7 Å². The van der Waals surface area contributed by atoms with E-state index in [-0.39, 0.29) is 17.2 Å². The van der Waals surface area contributed by atoms with Crippen molar-refractivity contribution >= 4 is 0 Å². The summed E-state index contributed by atoms with van der Waals surface area (Å²) < 4.78 is 6.70. The number of nitrogens with one attached hydrogen (secondary N) is 1. The SMILES string of the molecule is CNC(C)O[C@]1(c2ccccc2)C[C@H]2CC[C@]1(C)C2(C)C. The molecule has 1 aromatic rings. The average Bonchev–Trinajstić information content (AvgIpc) is 2.80. The van der Waals surface area contributed by atoms with Crippen LogP contribution in [-0.2, 0) is 10.3 Å². The molecule has 0 heterocycles. The van der Waals surface area contributed by atoms with Crippen molar-refractivity contribution in [2.75, 3.05) is 7.05 Å². The van der Waals surface area contributed by atoms with Crippen LogP contribution >= 0.6 is 0 Å². The van der Waals surface area contributed by atoms with Gasteiger partial charge >= 0.3 is 0 Å². The van der Waals surface area contributed by atoms with Gasteiger partial charge in [-0.3, -0.25) is 5.32 Å². The number of benzene rings is 1. The standard InChI is InChI=1S/C19H29NO/c1-14(20-5)21-19(15-9-7-6-8-10-15)13-16-11-12-18(19,4)17(16,2)3/h6-10,14,16,20H,11-13H2,1-5H3/t14?,16-,18-,19+/m1/s1. The molecule has 1 aromatic carbocycles. The summed E-state index contributed by atoms with van der Waals surface area (Å²) in [6.07, 6.45) is 3.81. The van der Waals surface area contributed by atoms with Crippen LogP contribution in [0.5, 0.6) is 0 Å². The van der Waals surface area contributed by atoms with Gasteiger partial charge < -0.3 is 4.74 Å². The van der Waals surface area contributed by atoms with Gasteiger partial charge in [0.1, 0.15) is 11.8 Å². The van der Waals surface area contributed by atoms with Gasteiger partial charge in [0.25, 0.3) is 0 Å². The maximum Gasteiger partial charge on any atom is 0.106 e. The molecule has 2 heteroatoms. The first-order valence-corrected chi connectivity index (χ1v) is 8.28. The Labute approximate surface area is 129 Å². The summed E-state index contributed by atoms with van der Waals surface area (Å²) in [4.78, 5) is 0. The highest BCUT2D eigenvalue weighted by Gasteiger charge is 2.70. The molecule has 0 saturated heterocycles. The first-order chi connectivity index (χ1) is 9.87. The third-order valence-electron chi connectivity index (χ3n) is 6.89. The van der Waals surface area contributed by atoms with Gasteiger partial charge in [-0.2, -0.15) is 0 Å². The van der Waals surface area contributed by atoms with Crippen molar-refractivity contribution in [3.8, 4) is 0 Å². The van der Waals surface area contributed by atoms with E-state index in [0.29, 0.717) is 5.41 Å². The molecule has 0 aromatic heterocycles. The number of hydrogen-bond acceptors (Lipinski definition) is 2. The number of hydrogen-bond donors (Lipinski definition) is 1. The molecule has 21 heavy (non-hydrogen) atoms. The van der Waals surface area contributed by atoms with E-state index in [9.17, 15) is 0 Å². The van der Waals surface area contributed by atoms with E-state index in [2.05, 4.69) is 63.3 Å². The Hall–Kier alpha value is -0.860. The van der Waals surface area contributed by atoms with E-state index in [0.717, 1.165) is 12.3 Å². The summed E-state index contributed by atoms with van der Waals surface area (Å²) in [6, 6.07) is 10.9. The maximum absolute atomic E-state index is 6.70. The van der Waals surface area contributed by atoms with Gasteiger partial charge in [-0.1, -0.05) is 51.1 Å². The van der Waals surface area contributed by atoms with Crippen molar-refractivity contribution in [1.29, 1.82) is 0 Å². The topological polar surface area (TPSA) is 21.3 Å². The molecule has 116 valence electrons. The summed E-state index contributed by atoms with van der Waals surface area (Å²) in [7, 11) is 1.98. The summed E-state index contributed by atoms with van der Waals surface area (Å²) in [5.74, 6) is 0.756. The van der Waals surface area contributed by atoms with E-state index in [1.165, 1.54) is 18.4 Å². The Bertz CT molecular complexity index is 512. The highest BCUT2D eigenvalue weighted by Crippen LogP contribution is 2.73. The Kier molecular flexibility index (Phi) is 3.46. The second-order valence-corrected chi connectivity index (χ2v) is 7.74. The first-order valence-electron chi connectivity index (χ1n) is 8.28. The van der Waals surface area contributed by atoms with Crippen LogP contribution in [-0.4, -0.2) is 13.3 Å². The lowest BCUT2D eigenvalue weighted by atomic mass is 9.62. The molecule has 2 bridgehead atoms. The minimum atomic E-state index is -0.164. The molecule has 1 N–H and O–H groups in total. The van der Waals surface area contributed by atoms with Crippen molar-refractivity contribution in [3.05, 3.63) is 35.9 Å². The highest BCUT2D eigenvalue weighted by atomic mass is 16.5. The summed E-state index contributed by atoms with van der Waals surface area (Å²) in [5.41, 5.74) is 1.71. The van der Waals surface area contributed by atoms with Crippen molar-refractivity contribution in [3.63, 3.8) is 0 Å². The van der Waals surface area contributed by atoms with E-state index in [1.54, 1.807) is 0 Å². The number of rotatable bonds is 4. The molecule has 2 nitrogen and oxygen atoms in total. The second kappa shape index (κ2) is 4.82. The minimum absolute atomic E-state index is 0.0668. The summed E-state index contributed by atoms with van der Waals surface area (Å²) in [6.45, 7) is 9.47. The quantitative estimate of drug-likeness (QED) is 0.833. The summed E-state index contributed by atoms with van der Waals surface area (Å²) in [5, 5.41) is 3.27. The van der Waals surface area contributed by atoms with Crippen LogP contribution in [0.3, 0.4) is 0 Å².